The number of benzene rings is 2. The lowest BCUT2D eigenvalue weighted by Crippen LogP contribution is -2.37. The maximum atomic E-state index is 13.3. The molecule has 7 heteroatoms. The second-order valence-electron chi connectivity index (χ2n) is 8.21. The van der Waals surface area contributed by atoms with Crippen LogP contribution in [0.15, 0.2) is 48.0 Å². The number of ether oxygens (including phenoxy) is 3. The van der Waals surface area contributed by atoms with Gasteiger partial charge >= 0.3 is 0 Å². The van der Waals surface area contributed by atoms with Crippen LogP contribution < -0.4 is 14.2 Å². The SMILES string of the molecule is CCOc1ccc(C2/C(=C(/O)c3ccc(OC)cc3OC)C(=O)C(=O)N2C2CCCC2)cc1. The number of carbonyl (C=O) groups is 2. The van der Waals surface area contributed by atoms with Gasteiger partial charge in [-0.3, -0.25) is 9.59 Å². The normalized spacial score (nSPS) is 20.3. The highest BCUT2D eigenvalue weighted by Gasteiger charge is 2.49. The molecule has 1 unspecified atom stereocenters. The van der Waals surface area contributed by atoms with Crippen LogP contribution in [0.3, 0.4) is 0 Å². The van der Waals surface area contributed by atoms with E-state index in [1.807, 2.05) is 31.2 Å². The Hall–Kier alpha value is -3.48. The molecule has 1 N–H and O–H groups in total. The molecule has 1 saturated heterocycles. The van der Waals surface area contributed by atoms with E-state index >= 15 is 0 Å². The van der Waals surface area contributed by atoms with E-state index in [1.165, 1.54) is 14.2 Å². The van der Waals surface area contributed by atoms with Gasteiger partial charge in [0.2, 0.25) is 0 Å². The number of rotatable bonds is 7. The molecule has 4 rings (SSSR count). The minimum absolute atomic E-state index is 0.0407. The third-order valence-electron chi connectivity index (χ3n) is 6.37. The van der Waals surface area contributed by atoms with Crippen molar-refractivity contribution in [3.8, 4) is 17.2 Å². The molecular formula is C26H29NO6. The number of nitrogens with zero attached hydrogens (tertiary/aromatic N) is 1. The van der Waals surface area contributed by atoms with Crippen molar-refractivity contribution in [2.45, 2.75) is 44.7 Å². The number of amides is 1. The van der Waals surface area contributed by atoms with Crippen molar-refractivity contribution in [1.82, 2.24) is 4.90 Å². The fourth-order valence-corrected chi connectivity index (χ4v) is 4.79. The fraction of sp³-hybridized carbons (Fsp3) is 0.385. The van der Waals surface area contributed by atoms with E-state index in [0.29, 0.717) is 29.4 Å². The van der Waals surface area contributed by atoms with Crippen LogP contribution in [0.5, 0.6) is 17.2 Å². The number of methoxy groups -OCH3 is 2. The van der Waals surface area contributed by atoms with Crippen molar-refractivity contribution in [2.75, 3.05) is 20.8 Å². The zero-order valence-electron chi connectivity index (χ0n) is 19.2. The quantitative estimate of drug-likeness (QED) is 0.380. The lowest BCUT2D eigenvalue weighted by atomic mass is 9.94. The molecule has 7 nitrogen and oxygen atoms in total. The minimum Gasteiger partial charge on any atom is -0.507 e. The number of Topliss-reactive ketones (excluding diaryl/α,β-unsaturated/α-hetero) is 1. The van der Waals surface area contributed by atoms with Gasteiger partial charge in [0.1, 0.15) is 23.0 Å². The molecule has 0 spiro atoms. The van der Waals surface area contributed by atoms with Gasteiger partial charge in [-0.2, -0.15) is 0 Å². The van der Waals surface area contributed by atoms with Crippen LogP contribution in [0.25, 0.3) is 5.76 Å². The van der Waals surface area contributed by atoms with Crippen LogP contribution in [0.1, 0.15) is 49.8 Å². The van der Waals surface area contributed by atoms with Gasteiger partial charge in [0.15, 0.2) is 0 Å². The van der Waals surface area contributed by atoms with E-state index in [4.69, 9.17) is 14.2 Å². The Balaban J connectivity index is 1.87. The van der Waals surface area contributed by atoms with Gasteiger partial charge in [-0.1, -0.05) is 25.0 Å². The summed E-state index contributed by atoms with van der Waals surface area (Å²) in [4.78, 5) is 28.1. The van der Waals surface area contributed by atoms with E-state index in [-0.39, 0.29) is 17.4 Å². The van der Waals surface area contributed by atoms with E-state index in [1.54, 1.807) is 23.1 Å². The molecule has 174 valence electrons. The van der Waals surface area contributed by atoms with Crippen molar-refractivity contribution in [2.24, 2.45) is 0 Å². The van der Waals surface area contributed by atoms with Crippen LogP contribution in [0, 0.1) is 0 Å². The maximum absolute atomic E-state index is 13.3. The van der Waals surface area contributed by atoms with Gasteiger partial charge in [-0.05, 0) is 49.6 Å². The highest BCUT2D eigenvalue weighted by Crippen LogP contribution is 2.44. The molecule has 1 aliphatic carbocycles. The second-order valence-corrected chi connectivity index (χ2v) is 8.21. The number of aliphatic hydroxyl groups is 1. The smallest absolute Gasteiger partial charge is 0.295 e. The van der Waals surface area contributed by atoms with Crippen LogP contribution in [0.4, 0.5) is 0 Å². The lowest BCUT2D eigenvalue weighted by molar-refractivity contribution is -0.141. The van der Waals surface area contributed by atoms with Gasteiger partial charge in [0.25, 0.3) is 11.7 Å². The molecule has 1 aliphatic heterocycles. The Morgan fingerprint density at radius 1 is 1.00 bits per heavy atom. The predicted molar refractivity (Wildman–Crippen MR) is 124 cm³/mol. The van der Waals surface area contributed by atoms with E-state index < -0.39 is 17.7 Å². The Bertz CT molecular complexity index is 1070. The van der Waals surface area contributed by atoms with Crippen LogP contribution in [0.2, 0.25) is 0 Å². The summed E-state index contributed by atoms with van der Waals surface area (Å²) in [5, 5.41) is 11.3. The third-order valence-corrected chi connectivity index (χ3v) is 6.37. The van der Waals surface area contributed by atoms with Crippen LogP contribution in [-0.2, 0) is 9.59 Å². The van der Waals surface area contributed by atoms with Gasteiger partial charge in [-0.15, -0.1) is 0 Å². The zero-order chi connectivity index (χ0) is 23.5. The first-order valence-corrected chi connectivity index (χ1v) is 11.2. The number of carbonyl (C=O) groups excluding carboxylic acids is 2. The lowest BCUT2D eigenvalue weighted by Gasteiger charge is -2.31. The molecule has 33 heavy (non-hydrogen) atoms. The van der Waals surface area contributed by atoms with Crippen molar-refractivity contribution in [3.63, 3.8) is 0 Å². The third kappa shape index (κ3) is 4.15. The summed E-state index contributed by atoms with van der Waals surface area (Å²) in [7, 11) is 3.01. The predicted octanol–water partition coefficient (Wildman–Crippen LogP) is 4.47. The summed E-state index contributed by atoms with van der Waals surface area (Å²) in [5.41, 5.74) is 1.15. The Morgan fingerprint density at radius 3 is 2.27 bits per heavy atom. The number of ketones is 1. The first kappa shape index (κ1) is 22.7. The first-order valence-electron chi connectivity index (χ1n) is 11.2. The number of hydrogen-bond donors (Lipinski definition) is 1. The molecule has 1 saturated carbocycles. The van der Waals surface area contributed by atoms with E-state index in [9.17, 15) is 14.7 Å². The van der Waals surface area contributed by atoms with Crippen LogP contribution in [-0.4, -0.2) is 48.6 Å². The summed E-state index contributed by atoms with van der Waals surface area (Å²) in [5.74, 6) is 0.0938. The van der Waals surface area contributed by atoms with Gasteiger partial charge in [-0.25, -0.2) is 0 Å². The summed E-state index contributed by atoms with van der Waals surface area (Å²) in [6, 6.07) is 11.6. The van der Waals surface area contributed by atoms with E-state index in [0.717, 1.165) is 31.2 Å². The first-order chi connectivity index (χ1) is 16.0. The largest absolute Gasteiger partial charge is 0.507 e. The molecule has 2 fully saturated rings. The van der Waals surface area contributed by atoms with Gasteiger partial charge < -0.3 is 24.2 Å². The molecule has 2 aromatic rings. The molecule has 2 aromatic carbocycles. The molecule has 0 bridgehead atoms. The topological polar surface area (TPSA) is 85.3 Å². The average Bonchev–Trinajstić information content (AvgIpc) is 3.45. The van der Waals surface area contributed by atoms with Crippen molar-refractivity contribution < 1.29 is 28.9 Å². The monoisotopic (exact) mass is 451 g/mol. The summed E-state index contributed by atoms with van der Waals surface area (Å²) in [6.07, 6.45) is 3.70. The fourth-order valence-electron chi connectivity index (χ4n) is 4.79. The summed E-state index contributed by atoms with van der Waals surface area (Å²) in [6.45, 7) is 2.45. The summed E-state index contributed by atoms with van der Waals surface area (Å²) < 4.78 is 16.2. The zero-order valence-corrected chi connectivity index (χ0v) is 19.2. The maximum Gasteiger partial charge on any atom is 0.295 e. The van der Waals surface area contributed by atoms with Crippen molar-refractivity contribution in [3.05, 3.63) is 59.2 Å². The molecular weight excluding hydrogens is 422 g/mol. The highest BCUT2D eigenvalue weighted by molar-refractivity contribution is 6.46. The summed E-state index contributed by atoms with van der Waals surface area (Å²) >= 11 is 0. The molecule has 0 radical (unpaired) electrons. The number of hydrogen-bond acceptors (Lipinski definition) is 6. The Morgan fingerprint density at radius 2 is 1.67 bits per heavy atom. The molecule has 1 amide bonds. The Labute approximate surface area is 193 Å². The van der Waals surface area contributed by atoms with E-state index in [2.05, 4.69) is 0 Å². The average molecular weight is 452 g/mol. The van der Waals surface area contributed by atoms with Crippen LogP contribution >= 0.6 is 0 Å². The molecule has 2 aliphatic rings. The minimum atomic E-state index is -0.685. The standard InChI is InChI=1S/C26H29NO6/c1-4-33-18-11-9-16(10-12-18)23-22(25(29)26(30)27(23)17-7-5-6-8-17)24(28)20-14-13-19(31-2)15-21(20)32-3/h9-15,17,23,28H,4-8H2,1-3H3/b24-22-. The van der Waals surface area contributed by atoms with Crippen molar-refractivity contribution >= 4 is 17.4 Å². The molecule has 1 atom stereocenters. The molecule has 1 heterocycles. The second kappa shape index (κ2) is 9.57. The van der Waals surface area contributed by atoms with Crippen molar-refractivity contribution in [1.29, 1.82) is 0 Å². The Kier molecular flexibility index (Phi) is 6.58. The molecule has 0 aromatic heterocycles. The highest BCUT2D eigenvalue weighted by atomic mass is 16.5. The number of likely N-dealkylation sites (tertiary alicyclic amines) is 1. The number of aliphatic hydroxyl groups excluding tert-OH is 1. The van der Waals surface area contributed by atoms with Gasteiger partial charge in [0, 0.05) is 12.1 Å². The van der Waals surface area contributed by atoms with Gasteiger partial charge in [0.05, 0.1) is 38.0 Å².